The highest BCUT2D eigenvalue weighted by Crippen LogP contribution is 2.63. The van der Waals surface area contributed by atoms with Crippen LogP contribution < -0.4 is 0 Å². The van der Waals surface area contributed by atoms with Gasteiger partial charge in [-0.1, -0.05) is 78.8 Å². The lowest BCUT2D eigenvalue weighted by molar-refractivity contribution is 0.352. The average Bonchev–Trinajstić information content (AvgIpc) is 2.70. The van der Waals surface area contributed by atoms with E-state index in [2.05, 4.69) is 28.9 Å². The molecule has 2 aliphatic heterocycles. The summed E-state index contributed by atoms with van der Waals surface area (Å²) in [7, 11) is -2.64. The van der Waals surface area contributed by atoms with Crippen LogP contribution >= 0.6 is 19.1 Å². The normalized spacial score (nSPS) is 20.6. The van der Waals surface area contributed by atoms with Gasteiger partial charge in [-0.05, 0) is 24.0 Å². The van der Waals surface area contributed by atoms with E-state index < -0.39 is 7.29 Å². The topological polar surface area (TPSA) is 20.3 Å². The maximum Gasteiger partial charge on any atom is 0.195 e. The zero-order valence-electron chi connectivity index (χ0n) is 14.2. The first kappa shape index (κ1) is 16.9. The molecule has 0 saturated carbocycles. The Morgan fingerprint density at radius 1 is 0.720 bits per heavy atom. The predicted octanol–water partition coefficient (Wildman–Crippen LogP) is 6.49. The van der Waals surface area contributed by atoms with E-state index in [1.165, 1.54) is 6.42 Å². The van der Waals surface area contributed by atoms with E-state index in [4.69, 9.17) is 0 Å². The minimum Gasteiger partial charge on any atom is -0.297 e. The summed E-state index contributed by atoms with van der Waals surface area (Å²) in [6.07, 6.45) is 3.52. The summed E-state index contributed by atoms with van der Waals surface area (Å²) in [5, 5.41) is 0. The number of hydrogen-bond donors (Lipinski definition) is 0. The van der Waals surface area contributed by atoms with Crippen molar-refractivity contribution in [1.82, 2.24) is 4.67 Å². The molecule has 128 valence electrons. The SMILES string of the molecule is O=P1(N2CCCCC2)C=C(c2ccccc2)SC(c2ccccc2)=C1. The van der Waals surface area contributed by atoms with Gasteiger partial charge in [-0.25, -0.2) is 4.67 Å². The van der Waals surface area contributed by atoms with E-state index in [-0.39, 0.29) is 0 Å². The van der Waals surface area contributed by atoms with Crippen molar-refractivity contribution in [1.29, 1.82) is 0 Å². The first-order valence-corrected chi connectivity index (χ1v) is 11.5. The fourth-order valence-corrected chi connectivity index (χ4v) is 7.72. The molecule has 1 saturated heterocycles. The van der Waals surface area contributed by atoms with Gasteiger partial charge in [0.15, 0.2) is 7.29 Å². The average molecular weight is 367 g/mol. The van der Waals surface area contributed by atoms with Crippen molar-refractivity contribution in [3.05, 3.63) is 83.4 Å². The highest BCUT2D eigenvalue weighted by molar-refractivity contribution is 8.17. The zero-order chi connectivity index (χ0) is 17.1. The zero-order valence-corrected chi connectivity index (χ0v) is 15.9. The van der Waals surface area contributed by atoms with Crippen LogP contribution in [-0.2, 0) is 4.57 Å². The van der Waals surface area contributed by atoms with Gasteiger partial charge in [0.1, 0.15) is 0 Å². The Hall–Kier alpha value is -1.54. The largest absolute Gasteiger partial charge is 0.297 e. The van der Waals surface area contributed by atoms with Gasteiger partial charge in [-0.2, -0.15) is 0 Å². The number of thioether (sulfide) groups is 1. The molecule has 0 atom stereocenters. The van der Waals surface area contributed by atoms with Gasteiger partial charge in [0.05, 0.1) is 0 Å². The molecule has 2 heterocycles. The van der Waals surface area contributed by atoms with Crippen LogP contribution in [0.5, 0.6) is 0 Å². The molecule has 0 aliphatic carbocycles. The van der Waals surface area contributed by atoms with Crippen LogP contribution in [0.1, 0.15) is 30.4 Å². The first-order valence-electron chi connectivity index (χ1n) is 8.84. The maximum atomic E-state index is 13.9. The predicted molar refractivity (Wildman–Crippen MR) is 109 cm³/mol. The Labute approximate surface area is 154 Å². The summed E-state index contributed by atoms with van der Waals surface area (Å²) in [6, 6.07) is 20.6. The minimum absolute atomic E-state index is 0.930. The number of hydrogen-bond acceptors (Lipinski definition) is 2. The second kappa shape index (κ2) is 7.37. The molecule has 4 rings (SSSR count). The van der Waals surface area contributed by atoms with E-state index in [0.717, 1.165) is 46.9 Å². The molecule has 0 radical (unpaired) electrons. The van der Waals surface area contributed by atoms with E-state index in [0.29, 0.717) is 0 Å². The smallest absolute Gasteiger partial charge is 0.195 e. The molecule has 0 amide bonds. The second-order valence-electron chi connectivity index (χ2n) is 6.51. The molecule has 2 nitrogen and oxygen atoms in total. The molecule has 0 bridgehead atoms. The van der Waals surface area contributed by atoms with Gasteiger partial charge in [0.2, 0.25) is 0 Å². The standard InChI is InChI=1S/C21H22NOPS/c23-24(22-14-8-3-9-15-22)16-20(18-10-4-1-5-11-18)25-21(17-24)19-12-6-2-7-13-19/h1-2,4-7,10-13,16-17H,3,8-9,14-15H2. The molecule has 0 aromatic heterocycles. The number of nitrogens with zero attached hydrogens (tertiary/aromatic N) is 1. The van der Waals surface area contributed by atoms with E-state index in [9.17, 15) is 4.57 Å². The molecule has 0 N–H and O–H groups in total. The second-order valence-corrected chi connectivity index (χ2v) is 10.0. The molecule has 25 heavy (non-hydrogen) atoms. The Balaban J connectivity index is 1.78. The highest BCUT2D eigenvalue weighted by atomic mass is 32.2. The molecular weight excluding hydrogens is 345 g/mol. The van der Waals surface area contributed by atoms with Crippen LogP contribution in [0.4, 0.5) is 0 Å². The Morgan fingerprint density at radius 2 is 1.20 bits per heavy atom. The summed E-state index contributed by atoms with van der Waals surface area (Å²) in [5.41, 5.74) is 2.29. The Morgan fingerprint density at radius 3 is 1.68 bits per heavy atom. The van der Waals surface area contributed by atoms with Gasteiger partial charge in [0.25, 0.3) is 0 Å². The number of benzene rings is 2. The Kier molecular flexibility index (Phi) is 4.98. The third-order valence-corrected chi connectivity index (χ3v) is 8.75. The van der Waals surface area contributed by atoms with Crippen LogP contribution in [-0.4, -0.2) is 17.8 Å². The Bertz CT molecular complexity index is 779. The number of rotatable bonds is 3. The third kappa shape index (κ3) is 3.69. The van der Waals surface area contributed by atoms with E-state index in [1.807, 2.05) is 48.0 Å². The third-order valence-electron chi connectivity index (χ3n) is 4.72. The van der Waals surface area contributed by atoms with E-state index >= 15 is 0 Å². The molecule has 0 unspecified atom stereocenters. The van der Waals surface area contributed by atoms with Crippen molar-refractivity contribution >= 4 is 28.9 Å². The lowest BCUT2D eigenvalue weighted by Crippen LogP contribution is -2.26. The van der Waals surface area contributed by atoms with Crippen molar-refractivity contribution in [2.75, 3.05) is 13.1 Å². The molecule has 2 aromatic rings. The monoisotopic (exact) mass is 367 g/mol. The summed E-state index contributed by atoms with van der Waals surface area (Å²) in [6.45, 7) is 1.86. The summed E-state index contributed by atoms with van der Waals surface area (Å²) in [5.74, 6) is 4.06. The lowest BCUT2D eigenvalue weighted by Gasteiger charge is -2.34. The molecule has 4 heteroatoms. The fraction of sp³-hybridized carbons (Fsp3) is 0.238. The maximum absolute atomic E-state index is 13.9. The van der Waals surface area contributed by atoms with Gasteiger partial charge < -0.3 is 0 Å². The molecule has 2 aromatic carbocycles. The molecular formula is C21H22NOPS. The van der Waals surface area contributed by atoms with Crippen LogP contribution in [0.15, 0.2) is 72.3 Å². The van der Waals surface area contributed by atoms with Crippen molar-refractivity contribution in [3.63, 3.8) is 0 Å². The number of piperidine rings is 1. The summed E-state index contributed by atoms with van der Waals surface area (Å²) >= 11 is 1.73. The molecule has 2 aliphatic rings. The van der Waals surface area contributed by atoms with Crippen molar-refractivity contribution < 1.29 is 4.57 Å². The summed E-state index contributed by atoms with van der Waals surface area (Å²) < 4.78 is 16.1. The fourth-order valence-electron chi connectivity index (χ4n) is 3.37. The summed E-state index contributed by atoms with van der Waals surface area (Å²) in [4.78, 5) is 2.21. The highest BCUT2D eigenvalue weighted by Gasteiger charge is 2.32. The molecule has 0 spiro atoms. The molecule has 1 fully saturated rings. The van der Waals surface area contributed by atoms with E-state index in [1.54, 1.807) is 11.8 Å². The van der Waals surface area contributed by atoms with Crippen LogP contribution in [0, 0.1) is 0 Å². The van der Waals surface area contributed by atoms with Crippen molar-refractivity contribution in [3.8, 4) is 0 Å². The minimum atomic E-state index is -2.64. The van der Waals surface area contributed by atoms with Gasteiger partial charge >= 0.3 is 0 Å². The van der Waals surface area contributed by atoms with Crippen molar-refractivity contribution in [2.24, 2.45) is 0 Å². The van der Waals surface area contributed by atoms with Gasteiger partial charge in [-0.3, -0.25) is 4.57 Å². The lowest BCUT2D eigenvalue weighted by atomic mass is 10.2. The van der Waals surface area contributed by atoms with Crippen LogP contribution in [0.2, 0.25) is 0 Å². The van der Waals surface area contributed by atoms with Gasteiger partial charge in [0, 0.05) is 34.5 Å². The van der Waals surface area contributed by atoms with Crippen LogP contribution in [0.3, 0.4) is 0 Å². The van der Waals surface area contributed by atoms with Crippen LogP contribution in [0.25, 0.3) is 9.81 Å². The van der Waals surface area contributed by atoms with Crippen molar-refractivity contribution in [2.45, 2.75) is 19.3 Å². The quantitative estimate of drug-likeness (QED) is 0.578. The first-order chi connectivity index (χ1) is 12.2. The van der Waals surface area contributed by atoms with Gasteiger partial charge in [-0.15, -0.1) is 0 Å².